The van der Waals surface area contributed by atoms with Gasteiger partial charge in [0.05, 0.1) is 5.56 Å². The van der Waals surface area contributed by atoms with Crippen molar-refractivity contribution in [2.24, 2.45) is 0 Å². The van der Waals surface area contributed by atoms with E-state index in [2.05, 4.69) is 15.5 Å². The normalized spacial score (nSPS) is 10.8. The van der Waals surface area contributed by atoms with Gasteiger partial charge in [0.25, 0.3) is 0 Å². The third-order valence-electron chi connectivity index (χ3n) is 2.21. The highest BCUT2D eigenvalue weighted by molar-refractivity contribution is 7.14. The third-order valence-corrected chi connectivity index (χ3v) is 3.23. The van der Waals surface area contributed by atoms with Crippen LogP contribution < -0.4 is 5.32 Å². The van der Waals surface area contributed by atoms with Gasteiger partial charge in [0.1, 0.15) is 16.6 Å². The summed E-state index contributed by atoms with van der Waals surface area (Å²) in [5.41, 5.74) is 0.165. The molecule has 0 aliphatic rings. The number of nitrogens with one attached hydrogen (secondary N) is 1. The molecule has 0 saturated heterocycles. The molecule has 0 aliphatic carbocycles. The molecule has 0 spiro atoms. The van der Waals surface area contributed by atoms with E-state index in [1.807, 2.05) is 7.05 Å². The first-order valence-corrected chi connectivity index (χ1v) is 5.95. The summed E-state index contributed by atoms with van der Waals surface area (Å²) in [5, 5.41) is 12.0. The molecule has 0 atom stereocenters. The SMILES string of the molecule is CNCCc1nnc(-c2cc(F)ccc2F)s1. The molecule has 6 heteroatoms. The van der Waals surface area contributed by atoms with E-state index in [1.165, 1.54) is 11.3 Å². The molecule has 1 aromatic heterocycles. The van der Waals surface area contributed by atoms with Crippen LogP contribution in [0.5, 0.6) is 0 Å². The molecule has 3 nitrogen and oxygen atoms in total. The average molecular weight is 255 g/mol. The van der Waals surface area contributed by atoms with Gasteiger partial charge in [-0.1, -0.05) is 11.3 Å². The maximum absolute atomic E-state index is 13.5. The summed E-state index contributed by atoms with van der Waals surface area (Å²) in [4.78, 5) is 0. The maximum atomic E-state index is 13.5. The number of likely N-dealkylation sites (N-methyl/N-ethyl adjacent to an activating group) is 1. The van der Waals surface area contributed by atoms with E-state index in [9.17, 15) is 8.78 Å². The molecule has 0 fully saturated rings. The summed E-state index contributed by atoms with van der Waals surface area (Å²) < 4.78 is 26.5. The summed E-state index contributed by atoms with van der Waals surface area (Å²) >= 11 is 1.28. The van der Waals surface area contributed by atoms with Crippen LogP contribution in [0.15, 0.2) is 18.2 Å². The Morgan fingerprint density at radius 2 is 2.12 bits per heavy atom. The van der Waals surface area contributed by atoms with Crippen LogP contribution in [0.25, 0.3) is 10.6 Å². The fourth-order valence-electron chi connectivity index (χ4n) is 1.36. The fourth-order valence-corrected chi connectivity index (χ4v) is 2.21. The van der Waals surface area contributed by atoms with Crippen LogP contribution in [0, 0.1) is 11.6 Å². The predicted octanol–water partition coefficient (Wildman–Crippen LogP) is 2.25. The average Bonchev–Trinajstić information content (AvgIpc) is 2.78. The van der Waals surface area contributed by atoms with Gasteiger partial charge < -0.3 is 5.32 Å². The Labute approximate surface area is 102 Å². The Morgan fingerprint density at radius 3 is 2.88 bits per heavy atom. The van der Waals surface area contributed by atoms with E-state index < -0.39 is 11.6 Å². The summed E-state index contributed by atoms with van der Waals surface area (Å²) in [6.07, 6.45) is 0.727. The van der Waals surface area contributed by atoms with Crippen molar-refractivity contribution in [2.75, 3.05) is 13.6 Å². The Balaban J connectivity index is 2.27. The lowest BCUT2D eigenvalue weighted by atomic mass is 10.2. The van der Waals surface area contributed by atoms with Gasteiger partial charge in [0, 0.05) is 13.0 Å². The summed E-state index contributed by atoms with van der Waals surface area (Å²) in [6, 6.07) is 3.32. The van der Waals surface area contributed by atoms with Gasteiger partial charge in [-0.25, -0.2) is 8.78 Å². The number of rotatable bonds is 4. The minimum atomic E-state index is -0.484. The molecule has 0 aliphatic heterocycles. The van der Waals surface area contributed by atoms with Crippen LogP contribution in [-0.2, 0) is 6.42 Å². The lowest BCUT2D eigenvalue weighted by Gasteiger charge is -1.97. The summed E-state index contributed by atoms with van der Waals surface area (Å²) in [6.45, 7) is 0.778. The van der Waals surface area contributed by atoms with Gasteiger partial charge in [-0.05, 0) is 25.2 Å². The molecule has 0 amide bonds. The fraction of sp³-hybridized carbons (Fsp3) is 0.273. The molecule has 90 valence electrons. The minimum Gasteiger partial charge on any atom is -0.319 e. The highest BCUT2D eigenvalue weighted by Gasteiger charge is 2.11. The van der Waals surface area contributed by atoms with Crippen molar-refractivity contribution in [3.8, 4) is 10.6 Å². The lowest BCUT2D eigenvalue weighted by molar-refractivity contribution is 0.603. The van der Waals surface area contributed by atoms with Gasteiger partial charge in [-0.15, -0.1) is 10.2 Å². The van der Waals surface area contributed by atoms with E-state index in [0.29, 0.717) is 5.01 Å². The molecule has 17 heavy (non-hydrogen) atoms. The number of nitrogens with zero attached hydrogens (tertiary/aromatic N) is 2. The van der Waals surface area contributed by atoms with Crippen molar-refractivity contribution in [1.82, 2.24) is 15.5 Å². The number of hydrogen-bond acceptors (Lipinski definition) is 4. The maximum Gasteiger partial charge on any atom is 0.150 e. The van der Waals surface area contributed by atoms with Crippen molar-refractivity contribution < 1.29 is 8.78 Å². The zero-order chi connectivity index (χ0) is 12.3. The molecule has 1 N–H and O–H groups in total. The van der Waals surface area contributed by atoms with Gasteiger partial charge in [0.15, 0.2) is 5.01 Å². The first kappa shape index (κ1) is 12.1. The zero-order valence-electron chi connectivity index (χ0n) is 9.20. The van der Waals surface area contributed by atoms with Gasteiger partial charge in [-0.3, -0.25) is 0 Å². The van der Waals surface area contributed by atoms with Crippen LogP contribution >= 0.6 is 11.3 Å². The van der Waals surface area contributed by atoms with Crippen molar-refractivity contribution in [3.63, 3.8) is 0 Å². The summed E-state index contributed by atoms with van der Waals surface area (Å²) in [5.74, 6) is -0.962. The lowest BCUT2D eigenvalue weighted by Crippen LogP contribution is -2.09. The monoisotopic (exact) mass is 255 g/mol. The second kappa shape index (κ2) is 5.29. The highest BCUT2D eigenvalue weighted by atomic mass is 32.1. The molecular weight excluding hydrogens is 244 g/mol. The van der Waals surface area contributed by atoms with Crippen LogP contribution in [-0.4, -0.2) is 23.8 Å². The van der Waals surface area contributed by atoms with E-state index in [0.717, 1.165) is 36.2 Å². The Kier molecular flexibility index (Phi) is 3.75. The second-order valence-electron chi connectivity index (χ2n) is 3.48. The molecular formula is C11H11F2N3S. The molecule has 2 rings (SSSR count). The number of hydrogen-bond donors (Lipinski definition) is 1. The minimum absolute atomic E-state index is 0.165. The Morgan fingerprint density at radius 1 is 1.29 bits per heavy atom. The quantitative estimate of drug-likeness (QED) is 0.910. The first-order chi connectivity index (χ1) is 8.20. The van der Waals surface area contributed by atoms with Crippen molar-refractivity contribution in [3.05, 3.63) is 34.8 Å². The van der Waals surface area contributed by atoms with Crippen LogP contribution in [0.2, 0.25) is 0 Å². The van der Waals surface area contributed by atoms with Crippen LogP contribution in [0.1, 0.15) is 5.01 Å². The summed E-state index contributed by atoms with van der Waals surface area (Å²) in [7, 11) is 1.84. The zero-order valence-corrected chi connectivity index (χ0v) is 10.0. The van der Waals surface area contributed by atoms with E-state index in [1.54, 1.807) is 0 Å². The Hall–Kier alpha value is -1.40. The molecule has 1 aromatic carbocycles. The molecule has 0 bridgehead atoms. The van der Waals surface area contributed by atoms with Crippen LogP contribution in [0.4, 0.5) is 8.78 Å². The molecule has 0 saturated carbocycles. The molecule has 1 heterocycles. The third kappa shape index (κ3) is 2.83. The molecule has 0 radical (unpaired) electrons. The number of halogens is 2. The van der Waals surface area contributed by atoms with Crippen LogP contribution in [0.3, 0.4) is 0 Å². The molecule has 0 unspecified atom stereocenters. The molecule has 2 aromatic rings. The van der Waals surface area contributed by atoms with Gasteiger partial charge in [0.2, 0.25) is 0 Å². The standard InChI is InChI=1S/C11H11F2N3S/c1-14-5-4-10-15-16-11(17-10)8-6-7(12)2-3-9(8)13/h2-3,6,14H,4-5H2,1H3. The van der Waals surface area contributed by atoms with Gasteiger partial charge >= 0.3 is 0 Å². The highest BCUT2D eigenvalue weighted by Crippen LogP contribution is 2.26. The van der Waals surface area contributed by atoms with E-state index in [-0.39, 0.29) is 5.56 Å². The first-order valence-electron chi connectivity index (χ1n) is 5.13. The topological polar surface area (TPSA) is 37.8 Å². The van der Waals surface area contributed by atoms with Crippen molar-refractivity contribution >= 4 is 11.3 Å². The van der Waals surface area contributed by atoms with Crippen molar-refractivity contribution in [1.29, 1.82) is 0 Å². The van der Waals surface area contributed by atoms with E-state index in [4.69, 9.17) is 0 Å². The second-order valence-corrected chi connectivity index (χ2v) is 4.54. The largest absolute Gasteiger partial charge is 0.319 e. The van der Waals surface area contributed by atoms with E-state index >= 15 is 0 Å². The Bertz CT molecular complexity index is 513. The number of benzene rings is 1. The van der Waals surface area contributed by atoms with Gasteiger partial charge in [-0.2, -0.15) is 0 Å². The predicted molar refractivity (Wildman–Crippen MR) is 62.9 cm³/mol. The smallest absolute Gasteiger partial charge is 0.150 e. The van der Waals surface area contributed by atoms with Crippen molar-refractivity contribution in [2.45, 2.75) is 6.42 Å². The number of aromatic nitrogens is 2.